The van der Waals surface area contributed by atoms with Gasteiger partial charge in [-0.2, -0.15) is 4.98 Å². The lowest BCUT2D eigenvalue weighted by molar-refractivity contribution is 0.0794. The molecule has 3 rings (SSSR count). The number of likely N-dealkylation sites (tertiary alicyclic amines) is 1. The molecule has 9 heteroatoms. The highest BCUT2D eigenvalue weighted by Crippen LogP contribution is 2.20. The number of ether oxygens (including phenoxy) is 1. The Morgan fingerprint density at radius 3 is 2.91 bits per heavy atom. The molecular weight excluding hydrogens is 308 g/mol. The summed E-state index contributed by atoms with van der Waals surface area (Å²) in [5.41, 5.74) is 0.410. The third-order valence-electron chi connectivity index (χ3n) is 3.63. The van der Waals surface area contributed by atoms with Gasteiger partial charge < -0.3 is 14.2 Å². The summed E-state index contributed by atoms with van der Waals surface area (Å²) in [6, 6.07) is 0. The van der Waals surface area contributed by atoms with Crippen molar-refractivity contribution in [2.24, 2.45) is 5.92 Å². The molecule has 7 nitrogen and oxygen atoms in total. The van der Waals surface area contributed by atoms with Crippen LogP contribution >= 0.6 is 0 Å². The first-order valence-corrected chi connectivity index (χ1v) is 7.34. The van der Waals surface area contributed by atoms with E-state index in [2.05, 4.69) is 32.1 Å². The van der Waals surface area contributed by atoms with Crippen LogP contribution in [-0.4, -0.2) is 58.2 Å². The first-order chi connectivity index (χ1) is 11.1. The van der Waals surface area contributed by atoms with Gasteiger partial charge in [-0.3, -0.25) is 0 Å². The molecule has 2 aromatic rings. The molecule has 2 aromatic heterocycles. The topological polar surface area (TPSA) is 77.2 Å². The average molecular weight is 325 g/mol. The van der Waals surface area contributed by atoms with Crippen molar-refractivity contribution < 1.29 is 18.0 Å². The standard InChI is InChI=1S/C14H17F2N5O2/c1-21-3-2-9(7-21)4-12-19-14(20-23-12)10-5-18-13(6-17-10)22-8-11(15)16/h5-6,9,11H,2-4,7-8H2,1H3/t9-/m1/s1. The molecule has 0 aliphatic carbocycles. The number of aromatic nitrogens is 4. The van der Waals surface area contributed by atoms with E-state index in [0.717, 1.165) is 25.9 Å². The van der Waals surface area contributed by atoms with Crippen molar-refractivity contribution in [1.82, 2.24) is 25.0 Å². The Hall–Kier alpha value is -2.16. The molecule has 1 aliphatic heterocycles. The molecule has 3 heterocycles. The number of alkyl halides is 2. The predicted molar refractivity (Wildman–Crippen MR) is 76.1 cm³/mol. The highest BCUT2D eigenvalue weighted by molar-refractivity contribution is 5.46. The molecule has 0 amide bonds. The van der Waals surface area contributed by atoms with Gasteiger partial charge in [-0.1, -0.05) is 5.16 Å². The van der Waals surface area contributed by atoms with Crippen LogP contribution in [0.1, 0.15) is 12.3 Å². The van der Waals surface area contributed by atoms with Crippen molar-refractivity contribution in [3.05, 3.63) is 18.3 Å². The van der Waals surface area contributed by atoms with Crippen LogP contribution in [0.3, 0.4) is 0 Å². The van der Waals surface area contributed by atoms with Gasteiger partial charge in [0.15, 0.2) is 6.61 Å². The molecule has 0 spiro atoms. The van der Waals surface area contributed by atoms with Crippen molar-refractivity contribution in [2.75, 3.05) is 26.7 Å². The number of hydrogen-bond donors (Lipinski definition) is 0. The van der Waals surface area contributed by atoms with Gasteiger partial charge in [0.1, 0.15) is 5.69 Å². The third-order valence-corrected chi connectivity index (χ3v) is 3.63. The normalized spacial score (nSPS) is 18.7. The first kappa shape index (κ1) is 15.7. The SMILES string of the molecule is CN1CC[C@H](Cc2nc(-c3cnc(OCC(F)F)cn3)no2)C1. The van der Waals surface area contributed by atoms with Crippen LogP contribution in [0.2, 0.25) is 0 Å². The smallest absolute Gasteiger partial charge is 0.272 e. The molecule has 0 aromatic carbocycles. The minimum absolute atomic E-state index is 0.0340. The Morgan fingerprint density at radius 2 is 2.26 bits per heavy atom. The summed E-state index contributed by atoms with van der Waals surface area (Å²) in [4.78, 5) is 14.5. The fourth-order valence-corrected chi connectivity index (χ4v) is 2.54. The number of halogens is 2. The van der Waals surface area contributed by atoms with Crippen LogP contribution in [0.5, 0.6) is 5.88 Å². The van der Waals surface area contributed by atoms with Crippen LogP contribution in [0.25, 0.3) is 11.5 Å². The lowest BCUT2D eigenvalue weighted by Crippen LogP contribution is -2.15. The Balaban J connectivity index is 1.61. The Bertz CT molecular complexity index is 634. The monoisotopic (exact) mass is 325 g/mol. The molecule has 124 valence electrons. The second-order valence-electron chi connectivity index (χ2n) is 5.57. The maximum Gasteiger partial charge on any atom is 0.272 e. The fraction of sp³-hybridized carbons (Fsp3) is 0.571. The van der Waals surface area contributed by atoms with Gasteiger partial charge in [0, 0.05) is 13.0 Å². The van der Waals surface area contributed by atoms with Crippen molar-refractivity contribution in [1.29, 1.82) is 0 Å². The maximum absolute atomic E-state index is 12.1. The summed E-state index contributed by atoms with van der Waals surface area (Å²) >= 11 is 0. The van der Waals surface area contributed by atoms with Crippen LogP contribution in [-0.2, 0) is 6.42 Å². The molecule has 1 saturated heterocycles. The molecule has 1 atom stereocenters. The van der Waals surface area contributed by atoms with Gasteiger partial charge in [0.2, 0.25) is 17.6 Å². The minimum Gasteiger partial charge on any atom is -0.470 e. The highest BCUT2D eigenvalue weighted by Gasteiger charge is 2.22. The van der Waals surface area contributed by atoms with E-state index in [1.165, 1.54) is 12.4 Å². The Morgan fingerprint density at radius 1 is 1.39 bits per heavy atom. The van der Waals surface area contributed by atoms with Crippen molar-refractivity contribution in [2.45, 2.75) is 19.3 Å². The quantitative estimate of drug-likeness (QED) is 0.799. The lowest BCUT2D eigenvalue weighted by Gasteiger charge is -2.06. The first-order valence-electron chi connectivity index (χ1n) is 7.34. The van der Waals surface area contributed by atoms with Crippen LogP contribution in [0, 0.1) is 5.92 Å². The number of rotatable bonds is 6. The highest BCUT2D eigenvalue weighted by atomic mass is 19.3. The number of hydrogen-bond acceptors (Lipinski definition) is 7. The van der Waals surface area contributed by atoms with E-state index in [0.29, 0.717) is 23.3 Å². The van der Waals surface area contributed by atoms with Gasteiger partial charge in [0.05, 0.1) is 12.4 Å². The summed E-state index contributed by atoms with van der Waals surface area (Å²) in [5.74, 6) is 1.45. The average Bonchev–Trinajstić information content (AvgIpc) is 3.15. The van der Waals surface area contributed by atoms with Crippen LogP contribution < -0.4 is 4.74 Å². The Labute approximate surface area is 131 Å². The summed E-state index contributed by atoms with van der Waals surface area (Å²) in [5, 5.41) is 3.89. The summed E-state index contributed by atoms with van der Waals surface area (Å²) < 4.78 is 34.1. The third kappa shape index (κ3) is 4.19. The Kier molecular flexibility index (Phi) is 4.75. The van der Waals surface area contributed by atoms with E-state index < -0.39 is 13.0 Å². The molecule has 0 bridgehead atoms. The van der Waals surface area contributed by atoms with E-state index in [9.17, 15) is 8.78 Å². The second-order valence-corrected chi connectivity index (χ2v) is 5.57. The molecule has 1 fully saturated rings. The van der Waals surface area contributed by atoms with E-state index in [-0.39, 0.29) is 5.88 Å². The fourth-order valence-electron chi connectivity index (χ4n) is 2.54. The largest absolute Gasteiger partial charge is 0.470 e. The van der Waals surface area contributed by atoms with Crippen molar-refractivity contribution >= 4 is 0 Å². The predicted octanol–water partition coefficient (Wildman–Crippen LogP) is 1.66. The molecular formula is C14H17F2N5O2. The molecule has 0 radical (unpaired) electrons. The second kappa shape index (κ2) is 6.95. The summed E-state index contributed by atoms with van der Waals surface area (Å²) in [6.07, 6.45) is 1.94. The minimum atomic E-state index is -2.55. The summed E-state index contributed by atoms with van der Waals surface area (Å²) in [6.45, 7) is 1.39. The zero-order valence-electron chi connectivity index (χ0n) is 12.7. The van der Waals surface area contributed by atoms with E-state index in [1.807, 2.05) is 0 Å². The van der Waals surface area contributed by atoms with Gasteiger partial charge in [-0.25, -0.2) is 18.7 Å². The molecule has 0 N–H and O–H groups in total. The van der Waals surface area contributed by atoms with E-state index in [1.54, 1.807) is 0 Å². The van der Waals surface area contributed by atoms with E-state index >= 15 is 0 Å². The van der Waals surface area contributed by atoms with Crippen LogP contribution in [0.4, 0.5) is 8.78 Å². The zero-order chi connectivity index (χ0) is 16.2. The summed E-state index contributed by atoms with van der Waals surface area (Å²) in [7, 11) is 2.09. The van der Waals surface area contributed by atoms with Crippen LogP contribution in [0.15, 0.2) is 16.9 Å². The molecule has 23 heavy (non-hydrogen) atoms. The van der Waals surface area contributed by atoms with Gasteiger partial charge >= 0.3 is 0 Å². The molecule has 0 saturated carbocycles. The molecule has 0 unspecified atom stereocenters. The maximum atomic E-state index is 12.1. The van der Waals surface area contributed by atoms with Gasteiger partial charge in [-0.15, -0.1) is 0 Å². The lowest BCUT2D eigenvalue weighted by atomic mass is 10.1. The molecule has 1 aliphatic rings. The van der Waals surface area contributed by atoms with Crippen molar-refractivity contribution in [3.63, 3.8) is 0 Å². The number of nitrogens with zero attached hydrogens (tertiary/aromatic N) is 5. The van der Waals surface area contributed by atoms with Gasteiger partial charge in [-0.05, 0) is 25.9 Å². The van der Waals surface area contributed by atoms with E-state index in [4.69, 9.17) is 9.26 Å². The zero-order valence-corrected chi connectivity index (χ0v) is 12.7. The van der Waals surface area contributed by atoms with Gasteiger partial charge in [0.25, 0.3) is 6.43 Å². The van der Waals surface area contributed by atoms with Crippen molar-refractivity contribution in [3.8, 4) is 17.4 Å².